The predicted molar refractivity (Wildman–Crippen MR) is 105 cm³/mol. The lowest BCUT2D eigenvalue weighted by atomic mass is 10.0. The van der Waals surface area contributed by atoms with E-state index in [9.17, 15) is 0 Å². The van der Waals surface area contributed by atoms with Gasteiger partial charge in [0, 0.05) is 18.2 Å². The number of nitrogens with one attached hydrogen (secondary N) is 1. The third-order valence-corrected chi connectivity index (χ3v) is 4.67. The van der Waals surface area contributed by atoms with E-state index in [1.165, 1.54) is 50.0 Å². The first kappa shape index (κ1) is 17.7. The Labute approximate surface area is 150 Å². The van der Waals surface area contributed by atoms with Gasteiger partial charge in [0.2, 0.25) is 5.95 Å². The third-order valence-electron chi connectivity index (χ3n) is 4.67. The summed E-state index contributed by atoms with van der Waals surface area (Å²) < 4.78 is 0. The molecule has 3 N–H and O–H groups in total. The van der Waals surface area contributed by atoms with Gasteiger partial charge < -0.3 is 16.0 Å². The van der Waals surface area contributed by atoms with Gasteiger partial charge in [0.25, 0.3) is 0 Å². The Morgan fingerprint density at radius 2 is 1.72 bits per heavy atom. The molecule has 5 heteroatoms. The van der Waals surface area contributed by atoms with Crippen molar-refractivity contribution in [1.82, 2.24) is 14.9 Å². The van der Waals surface area contributed by atoms with E-state index in [1.807, 2.05) is 6.07 Å². The molecule has 0 radical (unpaired) electrons. The molecule has 1 fully saturated rings. The highest BCUT2D eigenvalue weighted by Gasteiger charge is 2.10. The van der Waals surface area contributed by atoms with Gasteiger partial charge in [-0.15, -0.1) is 0 Å². The molecule has 1 aromatic heterocycles. The first-order chi connectivity index (χ1) is 12.1. The van der Waals surface area contributed by atoms with Crippen LogP contribution in [0.25, 0.3) is 11.3 Å². The molecule has 1 aliphatic heterocycles. The molecule has 0 spiro atoms. The van der Waals surface area contributed by atoms with Crippen molar-refractivity contribution in [2.75, 3.05) is 37.2 Å². The second-order valence-electron chi connectivity index (χ2n) is 7.06. The highest BCUT2D eigenvalue weighted by atomic mass is 15.1. The SMILES string of the molecule is Cc1cc(C)cc(-c2cc(NCCCCN3CCCC3)nc(N)n2)c1. The Morgan fingerprint density at radius 1 is 1.00 bits per heavy atom. The van der Waals surface area contributed by atoms with E-state index >= 15 is 0 Å². The van der Waals surface area contributed by atoms with Crippen LogP contribution in [0.1, 0.15) is 36.8 Å². The van der Waals surface area contributed by atoms with Crippen molar-refractivity contribution >= 4 is 11.8 Å². The topological polar surface area (TPSA) is 67.1 Å². The molecule has 1 aromatic carbocycles. The summed E-state index contributed by atoms with van der Waals surface area (Å²) >= 11 is 0. The third kappa shape index (κ3) is 5.16. The summed E-state index contributed by atoms with van der Waals surface area (Å²) in [4.78, 5) is 11.3. The van der Waals surface area contributed by atoms with E-state index in [-0.39, 0.29) is 0 Å². The number of hydrogen-bond acceptors (Lipinski definition) is 5. The Hall–Kier alpha value is -2.14. The number of nitrogens with zero attached hydrogens (tertiary/aromatic N) is 3. The normalized spacial score (nSPS) is 14.8. The standard InChI is InChI=1S/C20H29N5/c1-15-11-16(2)13-17(12-15)18-14-19(24-20(21)23-18)22-7-3-4-8-25-9-5-6-10-25/h11-14H,3-10H2,1-2H3,(H3,21,22,23,24). The van der Waals surface area contributed by atoms with Crippen LogP contribution in [-0.2, 0) is 0 Å². The van der Waals surface area contributed by atoms with Crippen molar-refractivity contribution in [2.45, 2.75) is 39.5 Å². The Morgan fingerprint density at radius 3 is 2.44 bits per heavy atom. The molecule has 1 saturated heterocycles. The fourth-order valence-electron chi connectivity index (χ4n) is 3.51. The molecular formula is C20H29N5. The largest absolute Gasteiger partial charge is 0.370 e. The van der Waals surface area contributed by atoms with Gasteiger partial charge in [-0.25, -0.2) is 4.98 Å². The number of hydrogen-bond donors (Lipinski definition) is 2. The van der Waals surface area contributed by atoms with Crippen LogP contribution in [0.3, 0.4) is 0 Å². The zero-order chi connectivity index (χ0) is 17.6. The molecule has 2 heterocycles. The van der Waals surface area contributed by atoms with Gasteiger partial charge >= 0.3 is 0 Å². The molecular weight excluding hydrogens is 310 g/mol. The second-order valence-corrected chi connectivity index (χ2v) is 7.06. The van der Waals surface area contributed by atoms with Crippen LogP contribution in [0.4, 0.5) is 11.8 Å². The summed E-state index contributed by atoms with van der Waals surface area (Å²) in [6.45, 7) is 8.86. The number of benzene rings is 1. The lowest BCUT2D eigenvalue weighted by Crippen LogP contribution is -2.21. The lowest BCUT2D eigenvalue weighted by molar-refractivity contribution is 0.331. The van der Waals surface area contributed by atoms with Crippen molar-refractivity contribution in [3.63, 3.8) is 0 Å². The number of anilines is 2. The minimum atomic E-state index is 0.316. The van der Waals surface area contributed by atoms with Crippen LogP contribution in [0.5, 0.6) is 0 Å². The van der Waals surface area contributed by atoms with E-state index in [0.717, 1.165) is 30.0 Å². The van der Waals surface area contributed by atoms with Gasteiger partial charge in [0.15, 0.2) is 0 Å². The van der Waals surface area contributed by atoms with Gasteiger partial charge in [-0.1, -0.05) is 17.2 Å². The highest BCUT2D eigenvalue weighted by Crippen LogP contribution is 2.23. The zero-order valence-electron chi connectivity index (χ0n) is 15.4. The van der Waals surface area contributed by atoms with Crippen LogP contribution in [-0.4, -0.2) is 41.0 Å². The highest BCUT2D eigenvalue weighted by molar-refractivity contribution is 5.65. The van der Waals surface area contributed by atoms with Crippen molar-refractivity contribution in [2.24, 2.45) is 0 Å². The molecule has 0 saturated carbocycles. The van der Waals surface area contributed by atoms with Crippen molar-refractivity contribution in [3.05, 3.63) is 35.4 Å². The minimum Gasteiger partial charge on any atom is -0.370 e. The molecule has 3 rings (SSSR count). The summed E-state index contributed by atoms with van der Waals surface area (Å²) in [7, 11) is 0. The van der Waals surface area contributed by atoms with Crippen LogP contribution in [0, 0.1) is 13.8 Å². The lowest BCUT2D eigenvalue weighted by Gasteiger charge is -2.14. The van der Waals surface area contributed by atoms with Gasteiger partial charge in [0.1, 0.15) is 5.82 Å². The molecule has 25 heavy (non-hydrogen) atoms. The minimum absolute atomic E-state index is 0.316. The summed E-state index contributed by atoms with van der Waals surface area (Å²) in [5.74, 6) is 1.12. The van der Waals surface area contributed by atoms with E-state index < -0.39 is 0 Å². The molecule has 2 aromatic rings. The predicted octanol–water partition coefficient (Wildman–Crippen LogP) is 3.63. The number of unbranched alkanes of at least 4 members (excludes halogenated alkanes) is 1. The van der Waals surface area contributed by atoms with Crippen LogP contribution in [0.2, 0.25) is 0 Å². The molecule has 0 aliphatic carbocycles. The zero-order valence-corrected chi connectivity index (χ0v) is 15.4. The van der Waals surface area contributed by atoms with E-state index in [4.69, 9.17) is 5.73 Å². The van der Waals surface area contributed by atoms with Crippen LogP contribution < -0.4 is 11.1 Å². The van der Waals surface area contributed by atoms with Gasteiger partial charge in [-0.2, -0.15) is 4.98 Å². The van der Waals surface area contributed by atoms with Gasteiger partial charge in [-0.3, -0.25) is 0 Å². The summed E-state index contributed by atoms with van der Waals surface area (Å²) in [6, 6.07) is 8.42. The Bertz CT molecular complexity index is 687. The Balaban J connectivity index is 1.57. The monoisotopic (exact) mass is 339 g/mol. The van der Waals surface area contributed by atoms with Gasteiger partial charge in [-0.05, 0) is 71.3 Å². The average Bonchev–Trinajstić information content (AvgIpc) is 3.06. The molecule has 0 atom stereocenters. The number of nitrogens with two attached hydrogens (primary N) is 1. The first-order valence-electron chi connectivity index (χ1n) is 9.29. The molecule has 0 amide bonds. The summed E-state index contributed by atoms with van der Waals surface area (Å²) in [5.41, 5.74) is 10.3. The molecule has 5 nitrogen and oxygen atoms in total. The molecule has 0 bridgehead atoms. The molecule has 0 unspecified atom stereocenters. The maximum Gasteiger partial charge on any atom is 0.222 e. The number of nitrogen functional groups attached to an aromatic ring is 1. The first-order valence-corrected chi connectivity index (χ1v) is 9.29. The fourth-order valence-corrected chi connectivity index (χ4v) is 3.51. The number of aryl methyl sites for hydroxylation is 2. The number of likely N-dealkylation sites (tertiary alicyclic amines) is 1. The van der Waals surface area contributed by atoms with E-state index in [2.05, 4.69) is 52.2 Å². The maximum absolute atomic E-state index is 5.92. The van der Waals surface area contributed by atoms with Crippen molar-refractivity contribution < 1.29 is 0 Å². The van der Waals surface area contributed by atoms with Crippen molar-refractivity contribution in [3.8, 4) is 11.3 Å². The quantitative estimate of drug-likeness (QED) is 0.754. The summed E-state index contributed by atoms with van der Waals surface area (Å²) in [6.07, 6.45) is 5.08. The maximum atomic E-state index is 5.92. The van der Waals surface area contributed by atoms with Gasteiger partial charge in [0.05, 0.1) is 5.69 Å². The molecule has 1 aliphatic rings. The van der Waals surface area contributed by atoms with Crippen LogP contribution in [0.15, 0.2) is 24.3 Å². The molecule has 134 valence electrons. The van der Waals surface area contributed by atoms with Crippen LogP contribution >= 0.6 is 0 Å². The summed E-state index contributed by atoms with van der Waals surface area (Å²) in [5, 5.41) is 3.40. The van der Waals surface area contributed by atoms with Crippen molar-refractivity contribution in [1.29, 1.82) is 0 Å². The average molecular weight is 339 g/mol. The second kappa shape index (κ2) is 8.30. The van der Waals surface area contributed by atoms with E-state index in [1.54, 1.807) is 0 Å². The fraction of sp³-hybridized carbons (Fsp3) is 0.500. The number of rotatable bonds is 7. The smallest absolute Gasteiger partial charge is 0.222 e. The van der Waals surface area contributed by atoms with E-state index in [0.29, 0.717) is 5.95 Å². The number of aromatic nitrogens is 2. The Kier molecular flexibility index (Phi) is 5.87.